The Morgan fingerprint density at radius 2 is 1.74 bits per heavy atom. The number of nitrogens with one attached hydrogen (secondary N) is 1. The Morgan fingerprint density at radius 3 is 2.46 bits per heavy atom. The first-order chi connectivity index (χ1) is 16.8. The van der Waals surface area contributed by atoms with Crippen LogP contribution >= 0.6 is 11.8 Å². The lowest BCUT2D eigenvalue weighted by Gasteiger charge is -2.12. The van der Waals surface area contributed by atoms with Crippen molar-refractivity contribution in [3.05, 3.63) is 96.1 Å². The van der Waals surface area contributed by atoms with Crippen LogP contribution in [0.1, 0.15) is 26.3 Å². The van der Waals surface area contributed by atoms with Gasteiger partial charge >= 0.3 is 5.97 Å². The number of aromatic nitrogens is 3. The molecule has 0 fully saturated rings. The van der Waals surface area contributed by atoms with E-state index in [9.17, 15) is 4.79 Å². The van der Waals surface area contributed by atoms with Gasteiger partial charge in [-0.3, -0.25) is 9.89 Å². The fraction of sp³-hybridized carbons (Fsp3) is 0.138. The van der Waals surface area contributed by atoms with E-state index >= 15 is 0 Å². The number of benzene rings is 3. The molecule has 0 bridgehead atoms. The van der Waals surface area contributed by atoms with Crippen LogP contribution in [0.25, 0.3) is 38.9 Å². The van der Waals surface area contributed by atoms with Crippen LogP contribution < -0.4 is 0 Å². The zero-order valence-corrected chi connectivity index (χ0v) is 20.8. The average Bonchev–Trinajstić information content (AvgIpc) is 3.34. The van der Waals surface area contributed by atoms with Crippen molar-refractivity contribution in [2.75, 3.05) is 5.75 Å². The summed E-state index contributed by atoms with van der Waals surface area (Å²) < 4.78 is 0. The third-order valence-corrected chi connectivity index (χ3v) is 6.62. The minimum Gasteiger partial charge on any atom is -0.481 e. The molecule has 0 aliphatic carbocycles. The molecule has 1 aromatic heterocycles. The summed E-state index contributed by atoms with van der Waals surface area (Å²) in [5, 5.41) is 18.9. The molecule has 0 aliphatic heterocycles. The zero-order chi connectivity index (χ0) is 24.9. The van der Waals surface area contributed by atoms with Gasteiger partial charge < -0.3 is 5.11 Å². The van der Waals surface area contributed by atoms with E-state index in [1.54, 1.807) is 0 Å². The maximum atomic E-state index is 10.9. The van der Waals surface area contributed by atoms with Gasteiger partial charge in [0.15, 0.2) is 5.82 Å². The molecular weight excluding hydrogens is 454 g/mol. The normalized spacial score (nSPS) is 11.5. The first-order valence-electron chi connectivity index (χ1n) is 11.2. The lowest BCUT2D eigenvalue weighted by Crippen LogP contribution is -1.97. The number of H-pyrrole nitrogens is 1. The van der Waals surface area contributed by atoms with E-state index in [2.05, 4.69) is 97.1 Å². The van der Waals surface area contributed by atoms with Crippen molar-refractivity contribution in [2.24, 2.45) is 0 Å². The Hall–Kier alpha value is -3.90. The Labute approximate surface area is 209 Å². The molecule has 6 heteroatoms. The van der Waals surface area contributed by atoms with Crippen molar-refractivity contribution >= 4 is 34.1 Å². The van der Waals surface area contributed by atoms with Gasteiger partial charge in [-0.15, -0.1) is 5.10 Å². The fourth-order valence-corrected chi connectivity index (χ4v) is 4.19. The average molecular weight is 482 g/mol. The summed E-state index contributed by atoms with van der Waals surface area (Å²) >= 11 is 1.09. The number of allylic oxidation sites excluding steroid dienone is 5. The lowest BCUT2D eigenvalue weighted by molar-refractivity contribution is -0.133. The maximum Gasteiger partial charge on any atom is 0.313 e. The molecule has 0 saturated carbocycles. The highest BCUT2D eigenvalue weighted by Crippen LogP contribution is 2.33. The number of rotatable bonds is 8. The van der Waals surface area contributed by atoms with Crippen LogP contribution in [-0.2, 0) is 4.79 Å². The van der Waals surface area contributed by atoms with E-state index in [1.165, 1.54) is 21.9 Å². The summed E-state index contributed by atoms with van der Waals surface area (Å²) in [5.74, 6) is -0.410. The topological polar surface area (TPSA) is 78.9 Å². The molecule has 4 aromatic rings. The maximum absolute atomic E-state index is 10.9. The summed E-state index contributed by atoms with van der Waals surface area (Å²) in [6, 6.07) is 21.0. The van der Waals surface area contributed by atoms with E-state index in [-0.39, 0.29) is 5.75 Å². The number of nitrogens with zero attached hydrogens (tertiary/aromatic N) is 2. The highest BCUT2D eigenvalue weighted by molar-refractivity contribution is 7.99. The predicted molar refractivity (Wildman–Crippen MR) is 145 cm³/mol. The molecule has 0 spiro atoms. The monoisotopic (exact) mass is 481 g/mol. The van der Waals surface area contributed by atoms with Gasteiger partial charge in [-0.2, -0.15) is 0 Å². The van der Waals surface area contributed by atoms with E-state index in [0.717, 1.165) is 39.6 Å². The van der Waals surface area contributed by atoms with Crippen molar-refractivity contribution in [3.8, 4) is 22.5 Å². The van der Waals surface area contributed by atoms with Crippen LogP contribution in [0.4, 0.5) is 0 Å². The van der Waals surface area contributed by atoms with Crippen molar-refractivity contribution < 1.29 is 9.90 Å². The van der Waals surface area contributed by atoms with Gasteiger partial charge in [0.1, 0.15) is 0 Å². The Balaban J connectivity index is 1.86. The van der Waals surface area contributed by atoms with E-state index in [0.29, 0.717) is 11.0 Å². The number of hydrogen-bond donors (Lipinski definition) is 2. The minimum atomic E-state index is -0.905. The molecular formula is C29H27N3O2S. The number of thioether (sulfide) groups is 1. The van der Waals surface area contributed by atoms with E-state index in [1.807, 2.05) is 18.2 Å². The standard InChI is InChI=1S/C29H27N3O2S/c1-5-20(12-19(4)18(2)3)24-14-25(23-11-10-21-8-6-7-9-22(21)13-23)16-26(15-24)28-30-29(32-31-28)35-17-27(33)34/h5-16H,1,17H2,2-4H3,(H,33,34)(H,30,31,32). The summed E-state index contributed by atoms with van der Waals surface area (Å²) in [6.45, 7) is 10.3. The van der Waals surface area contributed by atoms with Gasteiger partial charge in [0, 0.05) is 5.56 Å². The number of fused-ring (bicyclic) bond motifs is 1. The molecule has 3 aromatic carbocycles. The number of aromatic amines is 1. The van der Waals surface area contributed by atoms with Crippen LogP contribution in [0.5, 0.6) is 0 Å². The van der Waals surface area contributed by atoms with Crippen molar-refractivity contribution in [3.63, 3.8) is 0 Å². The smallest absolute Gasteiger partial charge is 0.313 e. The summed E-state index contributed by atoms with van der Waals surface area (Å²) in [4.78, 5) is 15.5. The minimum absolute atomic E-state index is 0.0923. The molecule has 2 N–H and O–H groups in total. The lowest BCUT2D eigenvalue weighted by atomic mass is 9.93. The summed E-state index contributed by atoms with van der Waals surface area (Å²) in [6.07, 6.45) is 4.00. The molecule has 176 valence electrons. The Kier molecular flexibility index (Phi) is 7.32. The predicted octanol–water partition coefficient (Wildman–Crippen LogP) is 7.39. The molecule has 0 saturated heterocycles. The van der Waals surface area contributed by atoms with Crippen LogP contribution in [-0.4, -0.2) is 32.0 Å². The molecule has 0 unspecified atom stereocenters. The van der Waals surface area contributed by atoms with Crippen molar-refractivity contribution in [1.82, 2.24) is 15.2 Å². The van der Waals surface area contributed by atoms with Crippen LogP contribution in [0.2, 0.25) is 0 Å². The summed E-state index contributed by atoms with van der Waals surface area (Å²) in [7, 11) is 0. The third-order valence-electron chi connectivity index (χ3n) is 5.79. The van der Waals surface area contributed by atoms with Gasteiger partial charge in [-0.25, -0.2) is 4.98 Å². The SMILES string of the molecule is C=CC(=CC(C)=C(C)C)c1cc(-c2ccc3ccccc3c2)cc(-c2nc(SCC(=O)O)n[nH]2)c1. The zero-order valence-electron chi connectivity index (χ0n) is 20.0. The fourth-order valence-electron chi connectivity index (χ4n) is 3.67. The van der Waals surface area contributed by atoms with Crippen LogP contribution in [0.15, 0.2) is 95.7 Å². The van der Waals surface area contributed by atoms with Crippen molar-refractivity contribution in [2.45, 2.75) is 25.9 Å². The van der Waals surface area contributed by atoms with Crippen LogP contribution in [0.3, 0.4) is 0 Å². The molecule has 0 amide bonds. The van der Waals surface area contributed by atoms with Gasteiger partial charge in [-0.1, -0.05) is 78.0 Å². The molecule has 35 heavy (non-hydrogen) atoms. The molecule has 4 rings (SSSR count). The highest BCUT2D eigenvalue weighted by Gasteiger charge is 2.13. The number of carboxylic acid groups (broad SMARTS) is 1. The first-order valence-corrected chi connectivity index (χ1v) is 12.2. The van der Waals surface area contributed by atoms with Crippen molar-refractivity contribution in [1.29, 1.82) is 0 Å². The van der Waals surface area contributed by atoms with Gasteiger partial charge in [0.2, 0.25) is 5.16 Å². The second kappa shape index (κ2) is 10.6. The molecule has 0 aliphatic rings. The second-order valence-electron chi connectivity index (χ2n) is 8.50. The first kappa shape index (κ1) is 24.2. The molecule has 0 atom stereocenters. The molecule has 0 radical (unpaired) electrons. The van der Waals surface area contributed by atoms with E-state index < -0.39 is 5.97 Å². The largest absolute Gasteiger partial charge is 0.481 e. The molecule has 5 nitrogen and oxygen atoms in total. The Morgan fingerprint density at radius 1 is 1.00 bits per heavy atom. The number of hydrogen-bond acceptors (Lipinski definition) is 4. The van der Waals surface area contributed by atoms with Gasteiger partial charge in [-0.05, 0) is 78.1 Å². The molecule has 1 heterocycles. The van der Waals surface area contributed by atoms with Crippen LogP contribution in [0, 0.1) is 0 Å². The number of carboxylic acids is 1. The third kappa shape index (κ3) is 5.78. The van der Waals surface area contributed by atoms with E-state index in [4.69, 9.17) is 5.11 Å². The van der Waals surface area contributed by atoms with Gasteiger partial charge in [0.25, 0.3) is 0 Å². The number of aliphatic carboxylic acids is 1. The summed E-state index contributed by atoms with van der Waals surface area (Å²) in [5.41, 5.74) is 7.44. The quantitative estimate of drug-likeness (QED) is 0.203. The number of carbonyl (C=O) groups is 1. The second-order valence-corrected chi connectivity index (χ2v) is 9.44. The Bertz CT molecular complexity index is 1480. The van der Waals surface area contributed by atoms with Gasteiger partial charge in [0.05, 0.1) is 5.75 Å². The highest BCUT2D eigenvalue weighted by atomic mass is 32.2.